The fraction of sp³-hybridized carbons (Fsp3) is 0.355. The maximum atomic E-state index is 12.5. The number of nitrogens with zero attached hydrogens (tertiary/aromatic N) is 4. The van der Waals surface area contributed by atoms with E-state index in [1.165, 1.54) is 0 Å². The molecule has 1 aliphatic carbocycles. The standard InChI is InChI=1S/C31H32N6O5/c1-17-33-23-6-4-18(14-25(23)41-17)21-16-32-27-26(21)28(42-20-8-10-31(2,39)11-9-20)36-30(35-27)34-22-7-5-19(15-24(22)40-3)29(38)37-12-13-37/h4-7,14-16,20,39H,8-13H2,1-3H3,(H2,32,34,35,36). The number of H-pyrrole nitrogens is 1. The minimum atomic E-state index is -0.682. The fourth-order valence-corrected chi connectivity index (χ4v) is 5.55. The van der Waals surface area contributed by atoms with Gasteiger partial charge in [0.25, 0.3) is 5.91 Å². The van der Waals surface area contributed by atoms with Crippen molar-refractivity contribution in [2.45, 2.75) is 51.2 Å². The Morgan fingerprint density at radius 2 is 1.95 bits per heavy atom. The number of fused-ring (bicyclic) bond motifs is 2. The van der Waals surface area contributed by atoms with Crippen LogP contribution in [0.25, 0.3) is 33.3 Å². The van der Waals surface area contributed by atoms with Gasteiger partial charge in [0.05, 0.1) is 23.8 Å². The van der Waals surface area contributed by atoms with E-state index in [2.05, 4.69) is 15.3 Å². The van der Waals surface area contributed by atoms with Crippen molar-refractivity contribution in [3.8, 4) is 22.8 Å². The van der Waals surface area contributed by atoms with E-state index in [0.717, 1.165) is 35.1 Å². The van der Waals surface area contributed by atoms with E-state index in [-0.39, 0.29) is 12.0 Å². The molecule has 4 heterocycles. The molecule has 0 spiro atoms. The molecule has 0 unspecified atom stereocenters. The molecule has 0 atom stereocenters. The van der Waals surface area contributed by atoms with Crippen LogP contribution in [-0.4, -0.2) is 67.8 Å². The zero-order valence-corrected chi connectivity index (χ0v) is 23.7. The van der Waals surface area contributed by atoms with Crippen molar-refractivity contribution in [1.29, 1.82) is 0 Å². The predicted molar refractivity (Wildman–Crippen MR) is 157 cm³/mol. The minimum Gasteiger partial charge on any atom is -0.495 e. The predicted octanol–water partition coefficient (Wildman–Crippen LogP) is 5.35. The van der Waals surface area contributed by atoms with Gasteiger partial charge < -0.3 is 34.2 Å². The summed E-state index contributed by atoms with van der Waals surface area (Å²) >= 11 is 0. The van der Waals surface area contributed by atoms with Crippen LogP contribution in [0.5, 0.6) is 11.6 Å². The molecule has 2 aromatic carbocycles. The van der Waals surface area contributed by atoms with Crippen LogP contribution in [0, 0.1) is 6.92 Å². The van der Waals surface area contributed by atoms with Crippen molar-refractivity contribution < 1.29 is 23.8 Å². The third kappa shape index (κ3) is 5.00. The number of aromatic amines is 1. The fourth-order valence-electron chi connectivity index (χ4n) is 5.55. The molecule has 3 N–H and O–H groups in total. The first kappa shape index (κ1) is 26.3. The number of aryl methyl sites for hydroxylation is 1. The number of rotatable bonds is 7. The van der Waals surface area contributed by atoms with Crippen LogP contribution < -0.4 is 14.8 Å². The van der Waals surface area contributed by atoms with Gasteiger partial charge in [-0.15, -0.1) is 0 Å². The molecular formula is C31H32N6O5. The maximum absolute atomic E-state index is 12.5. The summed E-state index contributed by atoms with van der Waals surface area (Å²) in [5.74, 6) is 1.85. The Bertz CT molecular complexity index is 1810. The molecule has 11 heteroatoms. The Morgan fingerprint density at radius 1 is 1.14 bits per heavy atom. The number of amides is 1. The Balaban J connectivity index is 1.27. The van der Waals surface area contributed by atoms with Crippen molar-refractivity contribution >= 4 is 39.7 Å². The molecule has 1 saturated carbocycles. The molecule has 2 aliphatic rings. The average molecular weight is 569 g/mol. The first-order chi connectivity index (χ1) is 20.3. The number of nitrogens with one attached hydrogen (secondary N) is 2. The lowest BCUT2D eigenvalue weighted by Gasteiger charge is -2.33. The molecule has 5 aromatic rings. The highest BCUT2D eigenvalue weighted by Gasteiger charge is 2.31. The number of ether oxygens (including phenoxy) is 2. The molecule has 11 nitrogen and oxygen atoms in total. The molecule has 1 amide bonds. The lowest BCUT2D eigenvalue weighted by molar-refractivity contribution is -0.0114. The quantitative estimate of drug-likeness (QED) is 0.222. The summed E-state index contributed by atoms with van der Waals surface area (Å²) in [6.07, 6.45) is 4.52. The normalized spacial score (nSPS) is 20.2. The summed E-state index contributed by atoms with van der Waals surface area (Å²) < 4.78 is 17.9. The first-order valence-electron chi connectivity index (χ1n) is 14.2. The summed E-state index contributed by atoms with van der Waals surface area (Å²) in [4.78, 5) is 31.6. The Hall–Kier alpha value is -4.64. The van der Waals surface area contributed by atoms with Gasteiger partial charge in [-0.1, -0.05) is 6.07 Å². The molecule has 42 heavy (non-hydrogen) atoms. The van der Waals surface area contributed by atoms with E-state index in [4.69, 9.17) is 23.9 Å². The van der Waals surface area contributed by atoms with Gasteiger partial charge in [-0.25, -0.2) is 4.98 Å². The summed E-state index contributed by atoms with van der Waals surface area (Å²) in [5.41, 5.74) is 4.39. The Morgan fingerprint density at radius 3 is 2.71 bits per heavy atom. The highest BCUT2D eigenvalue weighted by molar-refractivity contribution is 5.99. The van der Waals surface area contributed by atoms with Crippen molar-refractivity contribution in [2.24, 2.45) is 0 Å². The van der Waals surface area contributed by atoms with E-state index in [1.54, 1.807) is 30.2 Å². The van der Waals surface area contributed by atoms with E-state index in [1.807, 2.05) is 38.2 Å². The van der Waals surface area contributed by atoms with E-state index < -0.39 is 5.60 Å². The number of oxazole rings is 1. The number of methoxy groups -OCH3 is 1. The molecule has 3 aromatic heterocycles. The number of anilines is 2. The average Bonchev–Trinajstić information content (AvgIpc) is 3.63. The lowest BCUT2D eigenvalue weighted by atomic mass is 9.85. The van der Waals surface area contributed by atoms with Gasteiger partial charge in [0.1, 0.15) is 23.0 Å². The van der Waals surface area contributed by atoms with Gasteiger partial charge in [0.15, 0.2) is 11.5 Å². The second-order valence-corrected chi connectivity index (χ2v) is 11.3. The third-order valence-corrected chi connectivity index (χ3v) is 8.02. The van der Waals surface area contributed by atoms with Crippen molar-refractivity contribution in [1.82, 2.24) is 24.8 Å². The molecule has 7 rings (SSSR count). The van der Waals surface area contributed by atoms with Gasteiger partial charge in [-0.3, -0.25) is 4.79 Å². The zero-order chi connectivity index (χ0) is 29.0. The van der Waals surface area contributed by atoms with Crippen LogP contribution in [-0.2, 0) is 0 Å². The van der Waals surface area contributed by atoms with Crippen LogP contribution in [0.4, 0.5) is 11.6 Å². The van der Waals surface area contributed by atoms with Crippen LogP contribution in [0.15, 0.2) is 47.0 Å². The maximum Gasteiger partial charge on any atom is 0.254 e. The molecule has 2 fully saturated rings. The number of aliphatic hydroxyl groups is 1. The van der Waals surface area contributed by atoms with Crippen molar-refractivity contribution in [2.75, 3.05) is 25.5 Å². The molecule has 0 radical (unpaired) electrons. The van der Waals surface area contributed by atoms with Gasteiger partial charge >= 0.3 is 0 Å². The number of carbonyl (C=O) groups is 1. The van der Waals surface area contributed by atoms with Crippen LogP contribution in [0.1, 0.15) is 48.9 Å². The summed E-state index contributed by atoms with van der Waals surface area (Å²) in [5, 5.41) is 14.5. The Labute approximate surface area is 241 Å². The number of hydrogen-bond donors (Lipinski definition) is 3. The Kier molecular flexibility index (Phi) is 6.27. The van der Waals surface area contributed by atoms with Crippen LogP contribution in [0.3, 0.4) is 0 Å². The molecule has 0 bridgehead atoms. The van der Waals surface area contributed by atoms with Gasteiger partial charge in [0.2, 0.25) is 11.8 Å². The smallest absolute Gasteiger partial charge is 0.254 e. The van der Waals surface area contributed by atoms with Gasteiger partial charge in [-0.2, -0.15) is 9.97 Å². The monoisotopic (exact) mass is 568 g/mol. The minimum absolute atomic E-state index is 0.0164. The second-order valence-electron chi connectivity index (χ2n) is 11.3. The van der Waals surface area contributed by atoms with Crippen LogP contribution in [0.2, 0.25) is 0 Å². The first-order valence-corrected chi connectivity index (χ1v) is 14.2. The molecule has 1 saturated heterocycles. The van der Waals surface area contributed by atoms with Gasteiger partial charge in [-0.05, 0) is 68.5 Å². The van der Waals surface area contributed by atoms with E-state index in [9.17, 15) is 9.90 Å². The molecule has 216 valence electrons. The third-order valence-electron chi connectivity index (χ3n) is 8.02. The second kappa shape index (κ2) is 10.0. The van der Waals surface area contributed by atoms with E-state index in [0.29, 0.717) is 71.6 Å². The van der Waals surface area contributed by atoms with Crippen molar-refractivity contribution in [3.63, 3.8) is 0 Å². The summed E-state index contributed by atoms with van der Waals surface area (Å²) in [6.45, 7) is 5.25. The number of benzene rings is 2. The van der Waals surface area contributed by atoms with Crippen molar-refractivity contribution in [3.05, 3.63) is 54.0 Å². The summed E-state index contributed by atoms with van der Waals surface area (Å²) in [6, 6.07) is 11.2. The lowest BCUT2D eigenvalue weighted by Crippen LogP contribution is -2.35. The number of aromatic nitrogens is 4. The molecular weight excluding hydrogens is 536 g/mol. The number of carbonyl (C=O) groups excluding carboxylic acids is 1. The highest BCUT2D eigenvalue weighted by Crippen LogP contribution is 2.39. The topological polar surface area (TPSA) is 138 Å². The largest absolute Gasteiger partial charge is 0.495 e. The molecule has 1 aliphatic heterocycles. The van der Waals surface area contributed by atoms with E-state index >= 15 is 0 Å². The van der Waals surface area contributed by atoms with Gasteiger partial charge in [0, 0.05) is 37.3 Å². The van der Waals surface area contributed by atoms with Crippen LogP contribution >= 0.6 is 0 Å². The SMILES string of the molecule is COc1cc(C(=O)N2CC2)ccc1Nc1nc(OC2CCC(C)(O)CC2)c2c(-c3ccc4nc(C)oc4c3)c[nH]c2n1. The zero-order valence-electron chi connectivity index (χ0n) is 23.7. The summed E-state index contributed by atoms with van der Waals surface area (Å²) in [7, 11) is 1.56. The number of hydrogen-bond acceptors (Lipinski definition) is 9. The highest BCUT2D eigenvalue weighted by atomic mass is 16.5.